The maximum absolute atomic E-state index is 14.5. The maximum Gasteiger partial charge on any atom is 0.508 e. The summed E-state index contributed by atoms with van der Waals surface area (Å²) in [5, 5.41) is 42.2. The molecule has 412 valence electrons. The van der Waals surface area contributed by atoms with Gasteiger partial charge in [-0.2, -0.15) is 0 Å². The van der Waals surface area contributed by atoms with Gasteiger partial charge >= 0.3 is 12.1 Å². The standard InChI is InChI=1S/C55H85NO17/c1-32-16-12-11-13-17-33(2)45(67-8)28-41-21-19-38(7)55(66,73-41)51(62)52(63)56-23-15-14-18-42(56)53(64)71-46(29-43(59)34(3)25-37(6)49(61)50(69-10)48(60)36(5)24-32)35(4)26-39-20-22-44(47(27-39)68-9)72-54(65)70-31-40(58)30-57/h11-13,16-17,25,32,34-36,38-42,44-47,49-50,57-58,61,66H,14-15,18-24,26-31H2,1-10H3/b13-11+,16-12+,33-17+,37-25+/t32-,34-,35-,36-,38-,39+,40?,41+,42?,44-,45+,46+,47-,49-,50+,55-/m1/s1. The molecule has 73 heavy (non-hydrogen) atoms. The number of piperidine rings is 1. The van der Waals surface area contributed by atoms with E-state index in [0.717, 1.165) is 10.5 Å². The van der Waals surface area contributed by atoms with E-state index in [2.05, 4.69) is 0 Å². The molecule has 4 N–H and O–H groups in total. The van der Waals surface area contributed by atoms with Crippen molar-refractivity contribution in [3.05, 3.63) is 47.6 Å². The van der Waals surface area contributed by atoms with Crippen LogP contribution in [0.1, 0.15) is 126 Å². The monoisotopic (exact) mass is 1030 g/mol. The van der Waals surface area contributed by atoms with E-state index in [-0.39, 0.29) is 49.2 Å². The van der Waals surface area contributed by atoms with Crippen molar-refractivity contribution in [2.24, 2.45) is 35.5 Å². The molecule has 0 spiro atoms. The molecule has 4 rings (SSSR count). The summed E-state index contributed by atoms with van der Waals surface area (Å²) in [6, 6.07) is -1.20. The van der Waals surface area contributed by atoms with Crippen LogP contribution in [0, 0.1) is 35.5 Å². The van der Waals surface area contributed by atoms with Crippen LogP contribution in [0.3, 0.4) is 0 Å². The fraction of sp³-hybridized carbons (Fsp3) is 0.745. The third kappa shape index (κ3) is 17.2. The van der Waals surface area contributed by atoms with Gasteiger partial charge < -0.3 is 58.5 Å². The van der Waals surface area contributed by atoms with E-state index in [4.69, 9.17) is 38.3 Å². The molecule has 3 fully saturated rings. The van der Waals surface area contributed by atoms with Gasteiger partial charge in [0.25, 0.3) is 11.7 Å². The fourth-order valence-corrected chi connectivity index (χ4v) is 10.6. The van der Waals surface area contributed by atoms with Crippen LogP contribution in [0.25, 0.3) is 0 Å². The van der Waals surface area contributed by atoms with Crippen molar-refractivity contribution >= 4 is 35.4 Å². The minimum Gasteiger partial charge on any atom is -0.460 e. The van der Waals surface area contributed by atoms with Crippen molar-refractivity contribution in [2.75, 3.05) is 41.1 Å². The van der Waals surface area contributed by atoms with Crippen molar-refractivity contribution in [3.63, 3.8) is 0 Å². The van der Waals surface area contributed by atoms with Crippen LogP contribution in [0.5, 0.6) is 0 Å². The largest absolute Gasteiger partial charge is 0.508 e. The average Bonchev–Trinajstić information content (AvgIpc) is 3.37. The van der Waals surface area contributed by atoms with Crippen LogP contribution in [-0.4, -0.2) is 162 Å². The van der Waals surface area contributed by atoms with Crippen LogP contribution in [0.2, 0.25) is 0 Å². The van der Waals surface area contributed by atoms with Crippen LogP contribution in [-0.2, 0) is 57.1 Å². The molecule has 1 saturated carbocycles. The van der Waals surface area contributed by atoms with Gasteiger partial charge in [-0.05, 0) is 107 Å². The van der Waals surface area contributed by atoms with E-state index >= 15 is 0 Å². The average molecular weight is 1030 g/mol. The molecule has 0 radical (unpaired) electrons. The number of amides is 1. The zero-order valence-electron chi connectivity index (χ0n) is 44.8. The number of aliphatic hydroxyl groups excluding tert-OH is 3. The second-order valence-corrected chi connectivity index (χ2v) is 21.1. The quantitative estimate of drug-likeness (QED) is 0.116. The first kappa shape index (κ1) is 61.4. The lowest BCUT2D eigenvalue weighted by molar-refractivity contribution is -0.265. The van der Waals surface area contributed by atoms with Crippen LogP contribution in [0.15, 0.2) is 47.6 Å². The number of nitrogens with zero attached hydrogens (tertiary/aromatic N) is 1. The summed E-state index contributed by atoms with van der Waals surface area (Å²) in [6.45, 7) is 11.5. The highest BCUT2D eigenvalue weighted by Gasteiger charge is 2.53. The number of fused-ring (bicyclic) bond motifs is 3. The van der Waals surface area contributed by atoms with E-state index in [1.54, 1.807) is 40.9 Å². The second kappa shape index (κ2) is 29.2. The first-order valence-corrected chi connectivity index (χ1v) is 26.2. The van der Waals surface area contributed by atoms with Crippen molar-refractivity contribution in [1.82, 2.24) is 4.90 Å². The Labute approximate surface area is 431 Å². The van der Waals surface area contributed by atoms with Crippen LogP contribution >= 0.6 is 0 Å². The molecule has 4 aliphatic rings. The van der Waals surface area contributed by atoms with Crippen molar-refractivity contribution in [2.45, 2.75) is 186 Å². The second-order valence-electron chi connectivity index (χ2n) is 21.1. The normalized spacial score (nSPS) is 37.6. The number of carbonyl (C=O) groups excluding carboxylic acids is 6. The van der Waals surface area contributed by atoms with Gasteiger partial charge in [-0.3, -0.25) is 19.2 Å². The Morgan fingerprint density at radius 1 is 0.877 bits per heavy atom. The Balaban J connectivity index is 1.67. The summed E-state index contributed by atoms with van der Waals surface area (Å²) in [5.74, 6) is -8.66. The summed E-state index contributed by atoms with van der Waals surface area (Å²) in [7, 11) is 4.41. The van der Waals surface area contributed by atoms with Crippen molar-refractivity contribution in [1.29, 1.82) is 0 Å². The van der Waals surface area contributed by atoms with E-state index < -0.39 is 121 Å². The van der Waals surface area contributed by atoms with Gasteiger partial charge in [-0.15, -0.1) is 0 Å². The van der Waals surface area contributed by atoms with Crippen molar-refractivity contribution < 1.29 is 82.4 Å². The smallest absolute Gasteiger partial charge is 0.460 e. The zero-order chi connectivity index (χ0) is 54.2. The Kier molecular flexibility index (Phi) is 24.6. The molecule has 2 unspecified atom stereocenters. The van der Waals surface area contributed by atoms with Crippen molar-refractivity contribution in [3.8, 4) is 0 Å². The highest BCUT2D eigenvalue weighted by molar-refractivity contribution is 6.39. The third-order valence-corrected chi connectivity index (χ3v) is 15.3. The number of cyclic esters (lactones) is 1. The highest BCUT2D eigenvalue weighted by atomic mass is 16.7. The number of methoxy groups -OCH3 is 3. The number of ketones is 3. The molecule has 1 amide bonds. The molecule has 3 heterocycles. The number of hydrogen-bond donors (Lipinski definition) is 4. The lowest BCUT2D eigenvalue weighted by atomic mass is 9.78. The molecule has 16 atom stereocenters. The topological polar surface area (TPSA) is 251 Å². The fourth-order valence-electron chi connectivity index (χ4n) is 10.6. The summed E-state index contributed by atoms with van der Waals surface area (Å²) in [6.07, 6.45) is 7.39. The minimum atomic E-state index is -2.47. The van der Waals surface area contributed by atoms with Gasteiger partial charge in [-0.25, -0.2) is 9.59 Å². The SMILES string of the molecule is CO[C@H]1C[C@@H]2CC[C@@H](C)[C@@](O)(O2)C(=O)C(=O)N2CCCCC2C(=O)O[C@H]([C@H](C)C[C@@H]2CC[C@@H](OC(=O)OCC(O)CO)[C@H](OC)C2)CC(=O)[C@H](C)/C=C(\C)[C@@H](O)[C@@H](OC)C(=O)[C@H](C)C[C@H](C)/C=C/C=C/C=C/1C. The Morgan fingerprint density at radius 2 is 1.60 bits per heavy atom. The minimum absolute atomic E-state index is 0.00856. The van der Waals surface area contributed by atoms with Gasteiger partial charge in [0.1, 0.15) is 49.0 Å². The van der Waals surface area contributed by atoms with Gasteiger partial charge in [0, 0.05) is 58.5 Å². The molecule has 3 aliphatic heterocycles. The molecule has 2 saturated heterocycles. The summed E-state index contributed by atoms with van der Waals surface area (Å²) in [5.41, 5.74) is 1.21. The molecule has 0 aromatic heterocycles. The predicted molar refractivity (Wildman–Crippen MR) is 268 cm³/mol. The summed E-state index contributed by atoms with van der Waals surface area (Å²) >= 11 is 0. The number of rotatable bonds is 10. The number of allylic oxidation sites excluding steroid dienone is 6. The molecular formula is C55H85NO17. The van der Waals surface area contributed by atoms with Crippen LogP contribution < -0.4 is 0 Å². The zero-order valence-corrected chi connectivity index (χ0v) is 44.8. The van der Waals surface area contributed by atoms with Gasteiger partial charge in [0.2, 0.25) is 5.79 Å². The van der Waals surface area contributed by atoms with Gasteiger partial charge in [0.05, 0.1) is 24.9 Å². The molecule has 0 aromatic rings. The third-order valence-electron chi connectivity index (χ3n) is 15.3. The van der Waals surface area contributed by atoms with E-state index in [1.165, 1.54) is 14.2 Å². The number of hydrogen-bond acceptors (Lipinski definition) is 17. The van der Waals surface area contributed by atoms with Crippen LogP contribution in [0.4, 0.5) is 4.79 Å². The number of ether oxygens (including phenoxy) is 7. The lowest BCUT2D eigenvalue weighted by Crippen LogP contribution is -2.61. The number of Topliss-reactive ketones (excluding diaryl/α,β-unsaturated/α-hetero) is 3. The van der Waals surface area contributed by atoms with Gasteiger partial charge in [0.15, 0.2) is 5.78 Å². The number of esters is 1. The highest BCUT2D eigenvalue weighted by Crippen LogP contribution is 2.38. The predicted octanol–water partition coefficient (Wildman–Crippen LogP) is 5.69. The Bertz CT molecular complexity index is 1980. The summed E-state index contributed by atoms with van der Waals surface area (Å²) < 4.78 is 40.0. The molecule has 0 aromatic carbocycles. The molecule has 1 aliphatic carbocycles. The maximum atomic E-state index is 14.5. The summed E-state index contributed by atoms with van der Waals surface area (Å²) in [4.78, 5) is 84.8. The van der Waals surface area contributed by atoms with E-state index in [9.17, 15) is 44.1 Å². The number of carbonyl (C=O) groups is 6. The first-order valence-electron chi connectivity index (χ1n) is 26.2. The molecule has 18 nitrogen and oxygen atoms in total. The van der Waals surface area contributed by atoms with E-state index in [1.807, 2.05) is 51.2 Å². The lowest BCUT2D eigenvalue weighted by Gasteiger charge is -2.42. The Morgan fingerprint density at radius 3 is 2.27 bits per heavy atom. The van der Waals surface area contributed by atoms with Gasteiger partial charge in [-0.1, -0.05) is 71.1 Å². The molecule has 18 heteroatoms. The molecule has 2 bridgehead atoms. The first-order chi connectivity index (χ1) is 34.6. The number of aliphatic hydroxyl groups is 4. The van der Waals surface area contributed by atoms with E-state index in [0.29, 0.717) is 63.4 Å². The Hall–Kier alpha value is -4.14. The molecular weight excluding hydrogens is 947 g/mol.